The van der Waals surface area contributed by atoms with E-state index in [0.29, 0.717) is 41.1 Å². The van der Waals surface area contributed by atoms with Gasteiger partial charge in [0.15, 0.2) is 11.5 Å². The van der Waals surface area contributed by atoms with Crippen LogP contribution in [0.5, 0.6) is 17.2 Å². The molecule has 0 atom stereocenters. The molecule has 0 N–H and O–H groups in total. The summed E-state index contributed by atoms with van der Waals surface area (Å²) >= 11 is 6.48. The number of aryl methyl sites for hydroxylation is 1. The Morgan fingerprint density at radius 3 is 2.67 bits per heavy atom. The molecular formula is C23H24ClNO5. The van der Waals surface area contributed by atoms with E-state index in [2.05, 4.69) is 4.90 Å². The minimum absolute atomic E-state index is 0.355. The molecule has 158 valence electrons. The smallest absolute Gasteiger partial charge is 0.336 e. The van der Waals surface area contributed by atoms with Crippen LogP contribution in [0.3, 0.4) is 0 Å². The molecule has 30 heavy (non-hydrogen) atoms. The van der Waals surface area contributed by atoms with E-state index in [1.165, 1.54) is 6.07 Å². The number of methoxy groups -OCH3 is 2. The van der Waals surface area contributed by atoms with Gasteiger partial charge in [-0.1, -0.05) is 24.6 Å². The summed E-state index contributed by atoms with van der Waals surface area (Å²) in [5, 5.41) is 1.41. The van der Waals surface area contributed by atoms with Crippen molar-refractivity contribution in [3.8, 4) is 17.2 Å². The van der Waals surface area contributed by atoms with Gasteiger partial charge < -0.3 is 18.6 Å². The lowest BCUT2D eigenvalue weighted by Gasteiger charge is -2.30. The number of fused-ring (bicyclic) bond motifs is 3. The van der Waals surface area contributed by atoms with Crippen molar-refractivity contribution in [1.82, 2.24) is 4.90 Å². The third-order valence-electron chi connectivity index (χ3n) is 5.44. The van der Waals surface area contributed by atoms with Crippen molar-refractivity contribution >= 4 is 22.6 Å². The molecule has 0 aliphatic carbocycles. The molecule has 1 aliphatic rings. The quantitative estimate of drug-likeness (QED) is 0.540. The van der Waals surface area contributed by atoms with Gasteiger partial charge in [-0.25, -0.2) is 4.79 Å². The maximum Gasteiger partial charge on any atom is 0.336 e. The standard InChI is InChI=1S/C23H24ClNO5/c1-4-15-10-21(26)30-22-16(15)11-18(24)23-17(22)12-25(13-29-23)8-7-14-5-6-19(27-2)20(9-14)28-3/h5-6,9-11H,4,7-8,12-13H2,1-3H3. The number of benzene rings is 2. The maximum absolute atomic E-state index is 12.1. The van der Waals surface area contributed by atoms with Crippen molar-refractivity contribution in [2.24, 2.45) is 0 Å². The Bertz CT molecular complexity index is 1140. The highest BCUT2D eigenvalue weighted by Crippen LogP contribution is 2.39. The van der Waals surface area contributed by atoms with Gasteiger partial charge in [-0.15, -0.1) is 0 Å². The molecule has 0 saturated carbocycles. The second-order valence-electron chi connectivity index (χ2n) is 7.25. The third-order valence-corrected chi connectivity index (χ3v) is 5.72. The Kier molecular flexibility index (Phi) is 5.88. The molecular weight excluding hydrogens is 406 g/mol. The lowest BCUT2D eigenvalue weighted by molar-refractivity contribution is 0.0968. The number of hydrogen-bond acceptors (Lipinski definition) is 6. The van der Waals surface area contributed by atoms with Crippen LogP contribution in [0.25, 0.3) is 11.0 Å². The fraction of sp³-hybridized carbons (Fsp3) is 0.348. The van der Waals surface area contributed by atoms with Gasteiger partial charge in [-0.3, -0.25) is 4.90 Å². The second kappa shape index (κ2) is 8.58. The van der Waals surface area contributed by atoms with Crippen LogP contribution in [0, 0.1) is 0 Å². The topological polar surface area (TPSA) is 61.1 Å². The van der Waals surface area contributed by atoms with Gasteiger partial charge in [-0.2, -0.15) is 0 Å². The van der Waals surface area contributed by atoms with E-state index in [-0.39, 0.29) is 5.63 Å². The molecule has 4 rings (SSSR count). The first-order chi connectivity index (χ1) is 14.5. The van der Waals surface area contributed by atoms with E-state index in [1.807, 2.05) is 31.2 Å². The minimum Gasteiger partial charge on any atom is -0.493 e. The number of hydrogen-bond donors (Lipinski definition) is 0. The highest BCUT2D eigenvalue weighted by molar-refractivity contribution is 6.33. The largest absolute Gasteiger partial charge is 0.493 e. The zero-order chi connectivity index (χ0) is 21.3. The Morgan fingerprint density at radius 1 is 1.13 bits per heavy atom. The molecule has 2 aromatic carbocycles. The summed E-state index contributed by atoms with van der Waals surface area (Å²) in [6.45, 7) is 3.78. The van der Waals surface area contributed by atoms with E-state index in [4.69, 9.17) is 30.2 Å². The Morgan fingerprint density at radius 2 is 1.93 bits per heavy atom. The number of ether oxygens (including phenoxy) is 3. The molecule has 3 aromatic rings. The molecule has 0 unspecified atom stereocenters. The van der Waals surface area contributed by atoms with Crippen LogP contribution in [0.4, 0.5) is 0 Å². The molecule has 0 bridgehead atoms. The molecule has 1 aliphatic heterocycles. The fourth-order valence-electron chi connectivity index (χ4n) is 3.86. The second-order valence-corrected chi connectivity index (χ2v) is 7.66. The van der Waals surface area contributed by atoms with Gasteiger partial charge in [0, 0.05) is 24.5 Å². The van der Waals surface area contributed by atoms with Crippen LogP contribution in [0.1, 0.15) is 23.6 Å². The van der Waals surface area contributed by atoms with Crippen LogP contribution in [0.2, 0.25) is 5.02 Å². The van der Waals surface area contributed by atoms with Crippen molar-refractivity contribution in [1.29, 1.82) is 0 Å². The van der Waals surface area contributed by atoms with Gasteiger partial charge in [0.2, 0.25) is 0 Å². The Balaban J connectivity index is 1.59. The van der Waals surface area contributed by atoms with Crippen molar-refractivity contribution in [3.63, 3.8) is 0 Å². The molecule has 6 nitrogen and oxygen atoms in total. The zero-order valence-corrected chi connectivity index (χ0v) is 18.0. The maximum atomic E-state index is 12.1. The Labute approximate surface area is 179 Å². The summed E-state index contributed by atoms with van der Waals surface area (Å²) < 4.78 is 22.2. The van der Waals surface area contributed by atoms with Gasteiger partial charge in [0.05, 0.1) is 24.8 Å². The normalized spacial score (nSPS) is 13.7. The van der Waals surface area contributed by atoms with Crippen molar-refractivity contribution in [2.45, 2.75) is 26.3 Å². The van der Waals surface area contributed by atoms with E-state index in [9.17, 15) is 4.79 Å². The van der Waals surface area contributed by atoms with Gasteiger partial charge in [0.1, 0.15) is 18.1 Å². The van der Waals surface area contributed by atoms with E-state index >= 15 is 0 Å². The number of halogens is 1. The van der Waals surface area contributed by atoms with Crippen LogP contribution in [-0.4, -0.2) is 32.4 Å². The summed E-state index contributed by atoms with van der Waals surface area (Å²) in [5.74, 6) is 2.02. The predicted octanol–water partition coefficient (Wildman–Crippen LogP) is 4.42. The van der Waals surface area contributed by atoms with Gasteiger partial charge >= 0.3 is 5.63 Å². The van der Waals surface area contributed by atoms with E-state index in [0.717, 1.165) is 41.5 Å². The summed E-state index contributed by atoms with van der Waals surface area (Å²) in [5.41, 5.74) is 3.09. The van der Waals surface area contributed by atoms with Gasteiger partial charge in [0.25, 0.3) is 0 Å². The highest BCUT2D eigenvalue weighted by Gasteiger charge is 2.25. The molecule has 2 heterocycles. The molecule has 0 spiro atoms. The first-order valence-corrected chi connectivity index (χ1v) is 10.3. The molecule has 7 heteroatoms. The number of nitrogens with zero attached hydrogens (tertiary/aromatic N) is 1. The molecule has 1 aromatic heterocycles. The third kappa shape index (κ3) is 3.85. The predicted molar refractivity (Wildman–Crippen MR) is 116 cm³/mol. The lowest BCUT2D eigenvalue weighted by atomic mass is 10.0. The van der Waals surface area contributed by atoms with Crippen molar-refractivity contribution < 1.29 is 18.6 Å². The Hall–Kier alpha value is -2.70. The summed E-state index contributed by atoms with van der Waals surface area (Å²) in [7, 11) is 3.25. The fourth-order valence-corrected chi connectivity index (χ4v) is 4.13. The van der Waals surface area contributed by atoms with Crippen molar-refractivity contribution in [2.75, 3.05) is 27.5 Å². The van der Waals surface area contributed by atoms with Crippen LogP contribution in [-0.2, 0) is 19.4 Å². The molecule has 0 amide bonds. The molecule has 0 fully saturated rings. The average Bonchev–Trinajstić information content (AvgIpc) is 2.77. The zero-order valence-electron chi connectivity index (χ0n) is 17.3. The SMILES string of the molecule is CCc1cc(=O)oc2c3c(c(Cl)cc12)OCN(CCc1ccc(OC)c(OC)c1)C3. The monoisotopic (exact) mass is 429 g/mol. The lowest BCUT2D eigenvalue weighted by Crippen LogP contribution is -2.34. The summed E-state index contributed by atoms with van der Waals surface area (Å²) in [6, 6.07) is 9.28. The first-order valence-electron chi connectivity index (χ1n) is 9.88. The molecule has 0 saturated heterocycles. The van der Waals surface area contributed by atoms with Crippen molar-refractivity contribution in [3.05, 3.63) is 62.5 Å². The number of rotatable bonds is 6. The minimum atomic E-state index is -0.355. The van der Waals surface area contributed by atoms with Gasteiger partial charge in [-0.05, 0) is 42.2 Å². The van der Waals surface area contributed by atoms with Crippen LogP contribution >= 0.6 is 11.6 Å². The van der Waals surface area contributed by atoms with E-state index in [1.54, 1.807) is 14.2 Å². The summed E-state index contributed by atoms with van der Waals surface area (Å²) in [4.78, 5) is 14.2. The van der Waals surface area contributed by atoms with E-state index < -0.39 is 0 Å². The van der Waals surface area contributed by atoms with Crippen LogP contribution in [0.15, 0.2) is 39.5 Å². The average molecular weight is 430 g/mol. The first kappa shape index (κ1) is 20.6. The summed E-state index contributed by atoms with van der Waals surface area (Å²) in [6.07, 6.45) is 1.53. The highest BCUT2D eigenvalue weighted by atomic mass is 35.5. The molecule has 0 radical (unpaired) electrons. The van der Waals surface area contributed by atoms with Crippen LogP contribution < -0.4 is 19.8 Å².